The van der Waals surface area contributed by atoms with Crippen LogP contribution in [0.5, 0.6) is 17.2 Å². The van der Waals surface area contributed by atoms with Gasteiger partial charge in [-0.3, -0.25) is 0 Å². The van der Waals surface area contributed by atoms with Crippen molar-refractivity contribution in [1.29, 1.82) is 5.26 Å². The van der Waals surface area contributed by atoms with Crippen LogP contribution in [-0.2, 0) is 0 Å². The molecule has 0 amide bonds. The Bertz CT molecular complexity index is 714. The average molecular weight is 299 g/mol. The van der Waals surface area contributed by atoms with Crippen LogP contribution in [0.25, 0.3) is 10.8 Å². The van der Waals surface area contributed by atoms with Gasteiger partial charge in [0.25, 0.3) is 0 Å². The first kappa shape index (κ1) is 16.0. The number of nitrogens with zero attached hydrogens (tertiary/aromatic N) is 1. The Hall–Kier alpha value is -2.41. The van der Waals surface area contributed by atoms with E-state index < -0.39 is 0 Å². The van der Waals surface area contributed by atoms with Crippen LogP contribution < -0.4 is 14.2 Å². The molecular weight excluding hydrogens is 278 g/mol. The van der Waals surface area contributed by atoms with Crippen molar-refractivity contribution in [3.8, 4) is 23.3 Å². The molecule has 0 aliphatic rings. The van der Waals surface area contributed by atoms with Crippen molar-refractivity contribution in [1.82, 2.24) is 0 Å². The van der Waals surface area contributed by atoms with E-state index >= 15 is 0 Å². The molecule has 0 aliphatic carbocycles. The molecule has 0 bridgehead atoms. The summed E-state index contributed by atoms with van der Waals surface area (Å²) in [6, 6.07) is 9.56. The molecule has 2 rings (SSSR count). The van der Waals surface area contributed by atoms with Crippen molar-refractivity contribution in [2.75, 3.05) is 7.11 Å². The zero-order valence-electron chi connectivity index (χ0n) is 13.6. The third kappa shape index (κ3) is 3.25. The summed E-state index contributed by atoms with van der Waals surface area (Å²) in [4.78, 5) is 0. The number of fused-ring (bicyclic) bond motifs is 1. The quantitative estimate of drug-likeness (QED) is 0.826. The monoisotopic (exact) mass is 299 g/mol. The molecule has 0 unspecified atom stereocenters. The molecule has 0 atom stereocenters. The van der Waals surface area contributed by atoms with Gasteiger partial charge in [0.1, 0.15) is 23.3 Å². The van der Waals surface area contributed by atoms with Crippen LogP contribution in [0.15, 0.2) is 24.3 Å². The van der Waals surface area contributed by atoms with E-state index in [1.54, 1.807) is 13.2 Å². The fourth-order valence-corrected chi connectivity index (χ4v) is 2.35. The molecule has 4 heteroatoms. The van der Waals surface area contributed by atoms with Gasteiger partial charge in [0, 0.05) is 16.8 Å². The summed E-state index contributed by atoms with van der Waals surface area (Å²) >= 11 is 0. The van der Waals surface area contributed by atoms with Gasteiger partial charge in [0.15, 0.2) is 0 Å². The largest absolute Gasteiger partial charge is 0.495 e. The fourth-order valence-electron chi connectivity index (χ4n) is 2.35. The predicted octanol–water partition coefficient (Wildman–Crippen LogP) is 4.29. The maximum Gasteiger partial charge on any atom is 0.144 e. The van der Waals surface area contributed by atoms with Crippen LogP contribution in [-0.4, -0.2) is 19.3 Å². The summed E-state index contributed by atoms with van der Waals surface area (Å²) in [5, 5.41) is 11.0. The van der Waals surface area contributed by atoms with Gasteiger partial charge in [-0.25, -0.2) is 0 Å². The molecule has 116 valence electrons. The number of nitriles is 1. The summed E-state index contributed by atoms with van der Waals surface area (Å²) in [6.45, 7) is 7.89. The summed E-state index contributed by atoms with van der Waals surface area (Å²) < 4.78 is 17.1. The number of ether oxygens (including phenoxy) is 3. The maximum atomic E-state index is 9.25. The fraction of sp³-hybridized carbons (Fsp3) is 0.389. The van der Waals surface area contributed by atoms with Crippen molar-refractivity contribution >= 4 is 10.8 Å². The van der Waals surface area contributed by atoms with Gasteiger partial charge < -0.3 is 14.2 Å². The molecule has 0 N–H and O–H groups in total. The summed E-state index contributed by atoms with van der Waals surface area (Å²) in [5.74, 6) is 1.97. The summed E-state index contributed by atoms with van der Waals surface area (Å²) in [7, 11) is 1.56. The van der Waals surface area contributed by atoms with Crippen molar-refractivity contribution in [2.45, 2.75) is 39.9 Å². The van der Waals surface area contributed by atoms with Gasteiger partial charge in [-0.05, 0) is 45.9 Å². The second-order valence-corrected chi connectivity index (χ2v) is 5.61. The zero-order chi connectivity index (χ0) is 16.3. The van der Waals surface area contributed by atoms with Gasteiger partial charge in [0.2, 0.25) is 0 Å². The minimum absolute atomic E-state index is 0.0409. The second kappa shape index (κ2) is 6.57. The molecule has 2 aromatic rings. The lowest BCUT2D eigenvalue weighted by Gasteiger charge is -2.18. The molecule has 0 heterocycles. The molecule has 0 aromatic heterocycles. The van der Waals surface area contributed by atoms with Crippen molar-refractivity contribution in [3.05, 3.63) is 29.8 Å². The maximum absolute atomic E-state index is 9.25. The molecule has 0 fully saturated rings. The Morgan fingerprint density at radius 1 is 0.955 bits per heavy atom. The standard InChI is InChI=1S/C18H21NO3/c1-11(2)21-14-8-16-15(17(9-14)22-12(3)4)7-6-13(10-19)18(16)20-5/h6-9,11-12H,1-5H3. The number of hydrogen-bond acceptors (Lipinski definition) is 4. The van der Waals surface area contributed by atoms with E-state index in [9.17, 15) is 5.26 Å². The van der Waals surface area contributed by atoms with Crippen molar-refractivity contribution in [3.63, 3.8) is 0 Å². The van der Waals surface area contributed by atoms with Gasteiger partial charge in [-0.2, -0.15) is 5.26 Å². The van der Waals surface area contributed by atoms with Gasteiger partial charge in [-0.1, -0.05) is 0 Å². The molecule has 0 aliphatic heterocycles. The highest BCUT2D eigenvalue weighted by Crippen LogP contribution is 2.38. The number of benzene rings is 2. The Morgan fingerprint density at radius 3 is 2.18 bits per heavy atom. The average Bonchev–Trinajstić information content (AvgIpc) is 2.44. The lowest BCUT2D eigenvalue weighted by atomic mass is 10.0. The molecule has 4 nitrogen and oxygen atoms in total. The SMILES string of the molecule is COc1c(C#N)ccc2c(OC(C)C)cc(OC(C)C)cc12. The number of rotatable bonds is 5. The van der Waals surface area contributed by atoms with Crippen LogP contribution in [0.3, 0.4) is 0 Å². The first-order valence-electron chi connectivity index (χ1n) is 7.34. The predicted molar refractivity (Wildman–Crippen MR) is 86.7 cm³/mol. The summed E-state index contributed by atoms with van der Waals surface area (Å²) in [6.07, 6.45) is 0.0913. The molecule has 0 saturated carbocycles. The third-order valence-electron chi connectivity index (χ3n) is 3.08. The van der Waals surface area contributed by atoms with Gasteiger partial charge in [0.05, 0.1) is 24.9 Å². The van der Waals surface area contributed by atoms with E-state index in [-0.39, 0.29) is 12.2 Å². The molecule has 22 heavy (non-hydrogen) atoms. The van der Waals surface area contributed by atoms with Gasteiger partial charge in [-0.15, -0.1) is 0 Å². The highest BCUT2D eigenvalue weighted by atomic mass is 16.5. The van der Waals surface area contributed by atoms with Crippen LogP contribution in [0.4, 0.5) is 0 Å². The Morgan fingerprint density at radius 2 is 1.64 bits per heavy atom. The molecule has 0 saturated heterocycles. The van der Waals surface area contributed by atoms with E-state index in [0.29, 0.717) is 17.1 Å². The third-order valence-corrected chi connectivity index (χ3v) is 3.08. The first-order chi connectivity index (χ1) is 10.5. The Kier molecular flexibility index (Phi) is 4.77. The Balaban J connectivity index is 2.73. The minimum atomic E-state index is 0.0409. The second-order valence-electron chi connectivity index (χ2n) is 5.61. The molecule has 0 radical (unpaired) electrons. The molecule has 0 spiro atoms. The molecule has 2 aromatic carbocycles. The van der Waals surface area contributed by atoms with Crippen LogP contribution in [0, 0.1) is 11.3 Å². The lowest BCUT2D eigenvalue weighted by Crippen LogP contribution is -2.08. The van der Waals surface area contributed by atoms with E-state index in [1.807, 2.05) is 45.9 Å². The summed E-state index contributed by atoms with van der Waals surface area (Å²) in [5.41, 5.74) is 0.493. The van der Waals surface area contributed by atoms with E-state index in [4.69, 9.17) is 14.2 Å². The Labute approximate surface area is 131 Å². The number of hydrogen-bond donors (Lipinski definition) is 0. The van der Waals surface area contributed by atoms with Crippen molar-refractivity contribution < 1.29 is 14.2 Å². The van der Waals surface area contributed by atoms with Crippen LogP contribution in [0.1, 0.15) is 33.3 Å². The topological polar surface area (TPSA) is 51.5 Å². The lowest BCUT2D eigenvalue weighted by molar-refractivity contribution is 0.231. The van der Waals surface area contributed by atoms with Crippen LogP contribution >= 0.6 is 0 Å². The highest BCUT2D eigenvalue weighted by Gasteiger charge is 2.15. The van der Waals surface area contributed by atoms with E-state index in [2.05, 4.69) is 6.07 Å². The normalized spacial score (nSPS) is 10.8. The molecular formula is C18H21NO3. The minimum Gasteiger partial charge on any atom is -0.495 e. The van der Waals surface area contributed by atoms with Gasteiger partial charge >= 0.3 is 0 Å². The van der Waals surface area contributed by atoms with E-state index in [1.165, 1.54) is 0 Å². The van der Waals surface area contributed by atoms with Crippen LogP contribution in [0.2, 0.25) is 0 Å². The smallest absolute Gasteiger partial charge is 0.144 e. The number of methoxy groups -OCH3 is 1. The highest BCUT2D eigenvalue weighted by molar-refractivity contribution is 5.96. The zero-order valence-corrected chi connectivity index (χ0v) is 13.6. The van der Waals surface area contributed by atoms with E-state index in [0.717, 1.165) is 16.5 Å². The first-order valence-corrected chi connectivity index (χ1v) is 7.34. The van der Waals surface area contributed by atoms with Crippen molar-refractivity contribution in [2.24, 2.45) is 0 Å².